The molecule has 0 bridgehead atoms. The van der Waals surface area contributed by atoms with Gasteiger partial charge in [-0.15, -0.1) is 0 Å². The van der Waals surface area contributed by atoms with Crippen LogP contribution in [0.2, 0.25) is 0 Å². The molecule has 1 aliphatic heterocycles. The Morgan fingerprint density at radius 2 is 2.14 bits per heavy atom. The van der Waals surface area contributed by atoms with Gasteiger partial charge in [0.2, 0.25) is 0 Å². The van der Waals surface area contributed by atoms with Gasteiger partial charge in [-0.3, -0.25) is 9.69 Å². The Labute approximate surface area is 130 Å². The third kappa shape index (κ3) is 2.60. The summed E-state index contributed by atoms with van der Waals surface area (Å²) in [4.78, 5) is 0. The van der Waals surface area contributed by atoms with Crippen molar-refractivity contribution in [1.29, 1.82) is 5.26 Å². The van der Waals surface area contributed by atoms with Crippen LogP contribution in [-0.2, 0) is 6.54 Å². The Kier molecular flexibility index (Phi) is 3.92. The quantitative estimate of drug-likeness (QED) is 0.869. The van der Waals surface area contributed by atoms with Gasteiger partial charge >= 0.3 is 0 Å². The first-order valence-electron chi connectivity index (χ1n) is 7.52. The number of benzene rings is 1. The number of nitriles is 1. The fraction of sp³-hybridized carbons (Fsp3) is 0.353. The van der Waals surface area contributed by atoms with E-state index in [9.17, 15) is 5.26 Å². The number of rotatable bonds is 4. The van der Waals surface area contributed by atoms with E-state index in [0.29, 0.717) is 0 Å². The van der Waals surface area contributed by atoms with Gasteiger partial charge in [0.1, 0.15) is 0 Å². The molecule has 0 saturated heterocycles. The summed E-state index contributed by atoms with van der Waals surface area (Å²) in [5.41, 5.74) is 3.13. The van der Waals surface area contributed by atoms with Gasteiger partial charge < -0.3 is 0 Å². The lowest BCUT2D eigenvalue weighted by molar-refractivity contribution is 0.196. The molecular weight excluding hydrogens is 274 g/mol. The van der Waals surface area contributed by atoms with Crippen LogP contribution < -0.4 is 0 Å². The van der Waals surface area contributed by atoms with Crippen LogP contribution in [0.4, 0.5) is 0 Å². The summed E-state index contributed by atoms with van der Waals surface area (Å²) in [7, 11) is 0. The number of aromatic nitrogens is 2. The standard InChI is InChI=1S/C17H19N5/c1-3-21-12-15(11-19-21)17(10-18)22-16(9-13(2)20-22)14-7-5-4-6-8-14/h4-8,11-12,16-17H,3,9H2,1-2H3/t16-,17+/m0/s1. The zero-order valence-corrected chi connectivity index (χ0v) is 12.8. The van der Waals surface area contributed by atoms with Crippen molar-refractivity contribution in [3.05, 3.63) is 53.9 Å². The monoisotopic (exact) mass is 293 g/mol. The normalized spacial score (nSPS) is 18.9. The molecule has 0 radical (unpaired) electrons. The lowest BCUT2D eigenvalue weighted by Gasteiger charge is -2.27. The molecule has 0 fully saturated rings. The van der Waals surface area contributed by atoms with E-state index >= 15 is 0 Å². The Morgan fingerprint density at radius 1 is 1.36 bits per heavy atom. The third-order valence-corrected chi connectivity index (χ3v) is 3.96. The molecule has 0 amide bonds. The van der Waals surface area contributed by atoms with E-state index in [0.717, 1.165) is 24.2 Å². The van der Waals surface area contributed by atoms with Gasteiger partial charge in [-0.1, -0.05) is 30.3 Å². The summed E-state index contributed by atoms with van der Waals surface area (Å²) >= 11 is 0. The minimum atomic E-state index is -0.414. The first-order valence-corrected chi connectivity index (χ1v) is 7.52. The van der Waals surface area contributed by atoms with Gasteiger partial charge in [-0.05, 0) is 19.4 Å². The second kappa shape index (κ2) is 6.02. The number of nitrogens with zero attached hydrogens (tertiary/aromatic N) is 5. The van der Waals surface area contributed by atoms with Crippen molar-refractivity contribution in [2.75, 3.05) is 0 Å². The molecule has 0 unspecified atom stereocenters. The van der Waals surface area contributed by atoms with Crippen molar-refractivity contribution in [3.63, 3.8) is 0 Å². The third-order valence-electron chi connectivity index (χ3n) is 3.96. The minimum absolute atomic E-state index is 0.107. The maximum atomic E-state index is 9.67. The van der Waals surface area contributed by atoms with Crippen LogP contribution in [0, 0.1) is 11.3 Å². The first kappa shape index (κ1) is 14.3. The zero-order chi connectivity index (χ0) is 15.5. The van der Waals surface area contributed by atoms with Crippen LogP contribution in [0.1, 0.15) is 43.5 Å². The molecule has 0 aliphatic carbocycles. The van der Waals surface area contributed by atoms with Crippen LogP contribution in [0.25, 0.3) is 0 Å². The lowest BCUT2D eigenvalue weighted by Crippen LogP contribution is -2.24. The molecule has 0 saturated carbocycles. The van der Waals surface area contributed by atoms with Gasteiger partial charge in [-0.25, -0.2) is 0 Å². The highest BCUT2D eigenvalue weighted by atomic mass is 15.5. The van der Waals surface area contributed by atoms with Gasteiger partial charge in [-0.2, -0.15) is 15.5 Å². The molecule has 1 aliphatic rings. The highest BCUT2D eigenvalue weighted by Gasteiger charge is 2.33. The van der Waals surface area contributed by atoms with Gasteiger partial charge in [0.25, 0.3) is 0 Å². The van der Waals surface area contributed by atoms with Crippen molar-refractivity contribution in [2.45, 2.75) is 38.9 Å². The topological polar surface area (TPSA) is 57.2 Å². The molecule has 3 rings (SSSR count). The molecule has 1 aromatic carbocycles. The average Bonchev–Trinajstić information content (AvgIpc) is 3.16. The van der Waals surface area contributed by atoms with E-state index < -0.39 is 6.04 Å². The van der Waals surface area contributed by atoms with Crippen LogP contribution in [0.5, 0.6) is 0 Å². The van der Waals surface area contributed by atoms with E-state index in [2.05, 4.69) is 28.4 Å². The second-order valence-corrected chi connectivity index (χ2v) is 5.51. The summed E-state index contributed by atoms with van der Waals surface area (Å²) in [5.74, 6) is 0. The molecule has 2 heterocycles. The van der Waals surface area contributed by atoms with Crippen molar-refractivity contribution in [3.8, 4) is 6.07 Å². The van der Waals surface area contributed by atoms with Crippen molar-refractivity contribution in [2.24, 2.45) is 5.10 Å². The summed E-state index contributed by atoms with van der Waals surface area (Å²) in [5, 5.41) is 20.5. The maximum absolute atomic E-state index is 9.67. The molecule has 0 spiro atoms. The molecule has 2 atom stereocenters. The van der Waals surface area contributed by atoms with Crippen LogP contribution in [0.15, 0.2) is 47.8 Å². The molecular formula is C17H19N5. The van der Waals surface area contributed by atoms with Crippen molar-refractivity contribution < 1.29 is 0 Å². The molecule has 1 aromatic heterocycles. The predicted molar refractivity (Wildman–Crippen MR) is 85.0 cm³/mol. The number of hydrogen-bond donors (Lipinski definition) is 0. The van der Waals surface area contributed by atoms with Gasteiger partial charge in [0, 0.05) is 30.4 Å². The average molecular weight is 293 g/mol. The highest BCUT2D eigenvalue weighted by molar-refractivity contribution is 5.84. The summed E-state index contributed by atoms with van der Waals surface area (Å²) < 4.78 is 1.84. The van der Waals surface area contributed by atoms with E-state index in [-0.39, 0.29) is 6.04 Å². The Bertz CT molecular complexity index is 710. The molecule has 2 aromatic rings. The van der Waals surface area contributed by atoms with E-state index in [1.54, 1.807) is 6.20 Å². The molecule has 5 nitrogen and oxygen atoms in total. The highest BCUT2D eigenvalue weighted by Crippen LogP contribution is 2.37. The smallest absolute Gasteiger partial charge is 0.162 e. The Morgan fingerprint density at radius 3 is 2.77 bits per heavy atom. The van der Waals surface area contributed by atoms with E-state index in [4.69, 9.17) is 0 Å². The van der Waals surface area contributed by atoms with Gasteiger partial charge in [0.15, 0.2) is 6.04 Å². The number of aryl methyl sites for hydroxylation is 1. The summed E-state index contributed by atoms with van der Waals surface area (Å²) in [6, 6.07) is 12.3. The minimum Gasteiger partial charge on any atom is -0.273 e. The predicted octanol–water partition coefficient (Wildman–Crippen LogP) is 3.29. The first-order chi connectivity index (χ1) is 10.7. The fourth-order valence-electron chi connectivity index (χ4n) is 2.84. The number of hydrazone groups is 1. The maximum Gasteiger partial charge on any atom is 0.162 e. The van der Waals surface area contributed by atoms with E-state index in [1.165, 1.54) is 5.56 Å². The largest absolute Gasteiger partial charge is 0.273 e. The molecule has 112 valence electrons. The summed E-state index contributed by atoms with van der Waals surface area (Å²) in [6.45, 7) is 4.84. The Balaban J connectivity index is 1.94. The second-order valence-electron chi connectivity index (χ2n) is 5.51. The van der Waals surface area contributed by atoms with E-state index in [1.807, 2.05) is 47.9 Å². The zero-order valence-electron chi connectivity index (χ0n) is 12.8. The molecule has 22 heavy (non-hydrogen) atoms. The number of hydrogen-bond acceptors (Lipinski definition) is 4. The molecule has 0 N–H and O–H groups in total. The molecule has 5 heteroatoms. The Hall–Kier alpha value is -2.61. The lowest BCUT2D eigenvalue weighted by atomic mass is 10.0. The van der Waals surface area contributed by atoms with Gasteiger partial charge in [0.05, 0.1) is 18.3 Å². The fourth-order valence-corrected chi connectivity index (χ4v) is 2.84. The van der Waals surface area contributed by atoms with Crippen LogP contribution in [-0.4, -0.2) is 20.5 Å². The van der Waals surface area contributed by atoms with Crippen molar-refractivity contribution >= 4 is 5.71 Å². The van der Waals surface area contributed by atoms with Crippen LogP contribution >= 0.6 is 0 Å². The SMILES string of the molecule is CCn1cc([C@@H](C#N)N2N=C(C)C[C@H]2c2ccccc2)cn1. The van der Waals surface area contributed by atoms with Crippen LogP contribution in [0.3, 0.4) is 0 Å². The van der Waals surface area contributed by atoms with Crippen molar-refractivity contribution in [1.82, 2.24) is 14.8 Å². The summed E-state index contributed by atoms with van der Waals surface area (Å²) in [6.07, 6.45) is 4.55.